The maximum atomic E-state index is 13.5. The monoisotopic (exact) mass is 668 g/mol. The van der Waals surface area contributed by atoms with Gasteiger partial charge in [-0.15, -0.1) is 0 Å². The molecule has 248 valence electrons. The van der Waals surface area contributed by atoms with E-state index in [9.17, 15) is 13.2 Å². The van der Waals surface area contributed by atoms with E-state index in [4.69, 9.17) is 9.47 Å². The molecule has 1 atom stereocenters. The number of nitrogens with zero attached hydrogens (tertiary/aromatic N) is 5. The number of carbonyl (C=O) groups is 1. The molecule has 7 heterocycles. The molecule has 2 aromatic rings. The number of H-pyrrole nitrogens is 1. The minimum absolute atomic E-state index is 0.0250. The standard InChI is InChI=1S/C34H36N8O5S/c1-21(2)46-33(43)42-14-11-27(12-15-42)47-31-18-30(36-20-37-31)34-13-10-29(41-34)32(48(44,45)35-3)28-9-8-25(40-28)17-23-5-4-22(38-23)16-24-6-7-26(19-34)39-24/h4-10,16-21,27,35,39,41H,11-15H2,1-3H3. The van der Waals surface area contributed by atoms with E-state index in [1.54, 1.807) is 23.1 Å². The van der Waals surface area contributed by atoms with Crippen LogP contribution in [0.5, 0.6) is 5.88 Å². The summed E-state index contributed by atoms with van der Waals surface area (Å²) in [5, 5.41) is 5.16. The van der Waals surface area contributed by atoms with Crippen LogP contribution in [0.3, 0.4) is 0 Å². The van der Waals surface area contributed by atoms with E-state index >= 15 is 0 Å². The number of amides is 1. The first kappa shape index (κ1) is 31.5. The molecule has 7 rings (SSSR count). The van der Waals surface area contributed by atoms with Gasteiger partial charge in [-0.2, -0.15) is 0 Å². The van der Waals surface area contributed by atoms with Crippen molar-refractivity contribution in [1.29, 1.82) is 0 Å². The summed E-state index contributed by atoms with van der Waals surface area (Å²) in [5.74, 6) is 0.386. The van der Waals surface area contributed by atoms with Crippen molar-refractivity contribution < 1.29 is 22.7 Å². The largest absolute Gasteiger partial charge is 0.474 e. The van der Waals surface area contributed by atoms with Crippen LogP contribution >= 0.6 is 0 Å². The predicted molar refractivity (Wildman–Crippen MR) is 182 cm³/mol. The average Bonchev–Trinajstić information content (AvgIpc) is 3.88. The molecule has 1 amide bonds. The van der Waals surface area contributed by atoms with Crippen LogP contribution in [0.1, 0.15) is 38.8 Å². The quantitative estimate of drug-likeness (QED) is 0.422. The van der Waals surface area contributed by atoms with Crippen molar-refractivity contribution in [1.82, 2.24) is 29.9 Å². The first-order chi connectivity index (χ1) is 23.1. The second kappa shape index (κ2) is 12.5. The molecule has 5 aliphatic heterocycles. The average molecular weight is 669 g/mol. The fraction of sp³-hybridized carbons (Fsp3) is 0.324. The molecule has 0 saturated carbocycles. The lowest BCUT2D eigenvalue weighted by molar-refractivity contribution is 0.0506. The number of hydrogen-bond donors (Lipinski definition) is 3. The molecule has 1 unspecified atom stereocenters. The number of sulfonamides is 1. The van der Waals surface area contributed by atoms with Gasteiger partial charge in [-0.1, -0.05) is 6.08 Å². The molecule has 5 aliphatic rings. The third-order valence-corrected chi connectivity index (χ3v) is 10.0. The first-order valence-electron chi connectivity index (χ1n) is 15.9. The third-order valence-electron chi connectivity index (χ3n) is 8.50. The van der Waals surface area contributed by atoms with Gasteiger partial charge >= 0.3 is 6.09 Å². The second-order valence-electron chi connectivity index (χ2n) is 12.3. The Morgan fingerprint density at radius 3 is 2.60 bits per heavy atom. The van der Waals surface area contributed by atoms with Crippen LogP contribution in [0.4, 0.5) is 4.79 Å². The number of aromatic amines is 1. The van der Waals surface area contributed by atoms with Crippen LogP contribution in [0.25, 0.3) is 12.2 Å². The number of piperidine rings is 1. The van der Waals surface area contributed by atoms with Gasteiger partial charge < -0.3 is 24.7 Å². The molecule has 1 saturated heterocycles. The van der Waals surface area contributed by atoms with E-state index in [2.05, 4.69) is 35.0 Å². The highest BCUT2D eigenvalue weighted by molar-refractivity contribution is 7.93. The lowest BCUT2D eigenvalue weighted by atomic mass is 9.92. The molecule has 0 aliphatic carbocycles. The topological polar surface area (TPSA) is 163 Å². The normalized spacial score (nSPS) is 22.0. The minimum atomic E-state index is -3.96. The van der Waals surface area contributed by atoms with Crippen LogP contribution in [0, 0.1) is 0 Å². The Labute approximate surface area is 278 Å². The zero-order valence-corrected chi connectivity index (χ0v) is 27.6. The molecule has 0 aromatic carbocycles. The summed E-state index contributed by atoms with van der Waals surface area (Å²) in [7, 11) is -2.58. The number of fused-ring (bicyclic) bond motifs is 6. The molecular formula is C34H36N8O5S. The van der Waals surface area contributed by atoms with Crippen LogP contribution in [-0.2, 0) is 20.3 Å². The number of nitrogens with one attached hydrogen (secondary N) is 3. The van der Waals surface area contributed by atoms with Crippen molar-refractivity contribution in [2.24, 2.45) is 9.98 Å². The SMILES string of the molecule is CNS(=O)(=O)C1=C2C=CC(=N2)C=C2C=CC(=N2)C=c2ccc([nH]2)=CC2(c3cc(OC4CCN(C(=O)OC(C)C)CC4)ncn3)CC=C1N2. The van der Waals surface area contributed by atoms with Gasteiger partial charge in [0.15, 0.2) is 0 Å². The third kappa shape index (κ3) is 6.40. The summed E-state index contributed by atoms with van der Waals surface area (Å²) < 4.78 is 41.2. The van der Waals surface area contributed by atoms with E-state index in [0.29, 0.717) is 66.7 Å². The molecule has 3 N–H and O–H groups in total. The number of aliphatic imine (C=N–C) groups is 2. The van der Waals surface area contributed by atoms with Crippen molar-refractivity contribution in [3.63, 3.8) is 0 Å². The fourth-order valence-corrected chi connectivity index (χ4v) is 7.20. The van der Waals surface area contributed by atoms with Crippen LogP contribution in [0.2, 0.25) is 0 Å². The maximum Gasteiger partial charge on any atom is 0.410 e. The molecule has 2 aromatic heterocycles. The number of allylic oxidation sites excluding steroid dienone is 5. The molecule has 0 spiro atoms. The second-order valence-corrected chi connectivity index (χ2v) is 14.1. The molecule has 13 nitrogen and oxygen atoms in total. The van der Waals surface area contributed by atoms with Gasteiger partial charge in [0.05, 0.1) is 40.3 Å². The summed E-state index contributed by atoms with van der Waals surface area (Å²) in [6.45, 7) is 4.69. The molecule has 14 heteroatoms. The molecule has 0 radical (unpaired) electrons. The Balaban J connectivity index is 1.26. The zero-order chi connectivity index (χ0) is 33.5. The van der Waals surface area contributed by atoms with Crippen molar-refractivity contribution in [3.05, 3.63) is 99.4 Å². The predicted octanol–water partition coefficient (Wildman–Crippen LogP) is 2.21. The summed E-state index contributed by atoms with van der Waals surface area (Å²) in [6.07, 6.45) is 17.3. The van der Waals surface area contributed by atoms with Crippen molar-refractivity contribution in [2.75, 3.05) is 20.1 Å². The summed E-state index contributed by atoms with van der Waals surface area (Å²) in [4.78, 5) is 35.9. The number of carbonyl (C=O) groups excluding carboxylic acids is 1. The van der Waals surface area contributed by atoms with E-state index in [-0.39, 0.29) is 23.2 Å². The van der Waals surface area contributed by atoms with Crippen molar-refractivity contribution in [2.45, 2.75) is 50.9 Å². The molecular weight excluding hydrogens is 632 g/mol. The Bertz CT molecular complexity index is 2110. The summed E-state index contributed by atoms with van der Waals surface area (Å²) in [6, 6.07) is 5.70. The number of rotatable bonds is 6. The highest BCUT2D eigenvalue weighted by Gasteiger charge is 2.40. The van der Waals surface area contributed by atoms with Gasteiger partial charge in [0, 0.05) is 49.1 Å². The highest BCUT2D eigenvalue weighted by Crippen LogP contribution is 2.38. The van der Waals surface area contributed by atoms with E-state index in [1.807, 2.05) is 62.4 Å². The molecule has 8 bridgehead atoms. The lowest BCUT2D eigenvalue weighted by Gasteiger charge is -2.32. The van der Waals surface area contributed by atoms with Crippen LogP contribution in [0.15, 0.2) is 93.0 Å². The van der Waals surface area contributed by atoms with Crippen molar-refractivity contribution in [3.8, 4) is 5.88 Å². The Morgan fingerprint density at radius 2 is 1.81 bits per heavy atom. The summed E-state index contributed by atoms with van der Waals surface area (Å²) in [5.41, 5.74) is 2.39. The lowest BCUT2D eigenvalue weighted by Crippen LogP contribution is -2.42. The van der Waals surface area contributed by atoms with E-state index < -0.39 is 15.6 Å². The van der Waals surface area contributed by atoms with Gasteiger partial charge in [0.2, 0.25) is 15.9 Å². The van der Waals surface area contributed by atoms with Gasteiger partial charge in [-0.25, -0.2) is 37.9 Å². The first-order valence-corrected chi connectivity index (χ1v) is 17.3. The van der Waals surface area contributed by atoms with Gasteiger partial charge in [-0.05, 0) is 75.6 Å². The minimum Gasteiger partial charge on any atom is -0.474 e. The van der Waals surface area contributed by atoms with Crippen molar-refractivity contribution >= 4 is 39.7 Å². The number of aromatic nitrogens is 3. The van der Waals surface area contributed by atoms with Gasteiger partial charge in [0.1, 0.15) is 22.9 Å². The van der Waals surface area contributed by atoms with Gasteiger partial charge in [-0.3, -0.25) is 0 Å². The Hall–Kier alpha value is -5.08. The Kier molecular flexibility index (Phi) is 8.21. The highest BCUT2D eigenvalue weighted by atomic mass is 32.2. The van der Waals surface area contributed by atoms with E-state index in [1.165, 1.54) is 13.4 Å². The maximum absolute atomic E-state index is 13.5. The summed E-state index contributed by atoms with van der Waals surface area (Å²) >= 11 is 0. The zero-order valence-electron chi connectivity index (χ0n) is 26.8. The number of likely N-dealkylation sites (tertiary alicyclic amines) is 1. The molecule has 48 heavy (non-hydrogen) atoms. The van der Waals surface area contributed by atoms with Crippen LogP contribution in [-0.4, -0.2) is 78.1 Å². The number of hydrogen-bond acceptors (Lipinski definition) is 10. The number of ether oxygens (including phenoxy) is 2. The smallest absolute Gasteiger partial charge is 0.410 e. The van der Waals surface area contributed by atoms with Crippen LogP contribution < -0.4 is 25.5 Å². The Morgan fingerprint density at radius 1 is 1.04 bits per heavy atom. The van der Waals surface area contributed by atoms with Gasteiger partial charge in [0.25, 0.3) is 0 Å². The molecule has 1 fully saturated rings. The fourth-order valence-electron chi connectivity index (χ4n) is 6.18. The van der Waals surface area contributed by atoms with E-state index in [0.717, 1.165) is 16.4 Å².